The molecule has 3 nitrogen and oxygen atoms in total. The molecule has 1 aliphatic heterocycles. The first kappa shape index (κ1) is 11.5. The molecule has 1 unspecified atom stereocenters. The molecule has 1 atom stereocenters. The van der Waals surface area contributed by atoms with Gasteiger partial charge in [-0.25, -0.2) is 0 Å². The fourth-order valence-electron chi connectivity index (χ4n) is 0.818. The summed E-state index contributed by atoms with van der Waals surface area (Å²) >= 11 is 0. The van der Waals surface area contributed by atoms with Gasteiger partial charge in [-0.2, -0.15) is 13.2 Å². The van der Waals surface area contributed by atoms with E-state index in [1.165, 1.54) is 0 Å². The Morgan fingerprint density at radius 3 is 2.08 bits per heavy atom. The molecule has 0 aliphatic carbocycles. The average molecular weight is 175 g/mol. The first-order valence-electron chi connectivity index (χ1n) is 2.81. The largest absolute Gasteiger partial charge is 1.00 e. The Labute approximate surface area is 79.3 Å². The third-order valence-electron chi connectivity index (χ3n) is 1.36. The van der Waals surface area contributed by atoms with Gasteiger partial charge in [-0.3, -0.25) is 14.9 Å². The number of rotatable bonds is 0. The second-order valence-electron chi connectivity index (χ2n) is 2.21. The van der Waals surface area contributed by atoms with Gasteiger partial charge in [-0.05, 0) is 0 Å². The standard InChI is InChI=1S/C5H4F3NO2.Li.H/c6-5(7,8)2-1-3(10)9-4(2)11;;/h2H,1H2,(H,9,10,11);;/q;+1;-1. The Hall–Kier alpha value is -0.473. The quantitative estimate of drug-likeness (QED) is 0.322. The van der Waals surface area contributed by atoms with Crippen molar-refractivity contribution in [2.75, 3.05) is 0 Å². The molecule has 1 rings (SSSR count). The summed E-state index contributed by atoms with van der Waals surface area (Å²) in [6, 6.07) is 0. The van der Waals surface area contributed by atoms with Crippen LogP contribution in [0.4, 0.5) is 13.2 Å². The van der Waals surface area contributed by atoms with Crippen molar-refractivity contribution in [3.63, 3.8) is 0 Å². The molecule has 1 N–H and O–H groups in total. The van der Waals surface area contributed by atoms with E-state index in [0.29, 0.717) is 0 Å². The molecule has 1 fully saturated rings. The number of nitrogens with one attached hydrogen (secondary N) is 1. The number of alkyl halides is 3. The van der Waals surface area contributed by atoms with Gasteiger partial charge < -0.3 is 1.43 Å². The van der Waals surface area contributed by atoms with Gasteiger partial charge in [0.25, 0.3) is 0 Å². The minimum atomic E-state index is -4.60. The first-order valence-corrected chi connectivity index (χ1v) is 2.81. The number of amides is 2. The maximum atomic E-state index is 11.8. The van der Waals surface area contributed by atoms with Crippen LogP contribution in [0.25, 0.3) is 0 Å². The number of hydrogen-bond donors (Lipinski definition) is 1. The van der Waals surface area contributed by atoms with Gasteiger partial charge >= 0.3 is 25.0 Å². The van der Waals surface area contributed by atoms with Crippen LogP contribution in [0.3, 0.4) is 0 Å². The van der Waals surface area contributed by atoms with E-state index in [4.69, 9.17) is 0 Å². The number of halogens is 3. The van der Waals surface area contributed by atoms with Gasteiger partial charge in [0.05, 0.1) is 0 Å². The van der Waals surface area contributed by atoms with Crippen molar-refractivity contribution in [3.05, 3.63) is 0 Å². The van der Waals surface area contributed by atoms with Crippen LogP contribution in [0.15, 0.2) is 0 Å². The van der Waals surface area contributed by atoms with E-state index in [-0.39, 0.29) is 20.3 Å². The van der Waals surface area contributed by atoms with E-state index in [1.54, 1.807) is 5.32 Å². The predicted molar refractivity (Wildman–Crippen MR) is 28.4 cm³/mol. The monoisotopic (exact) mass is 175 g/mol. The summed E-state index contributed by atoms with van der Waals surface area (Å²) in [5.41, 5.74) is 0. The fraction of sp³-hybridized carbons (Fsp3) is 0.600. The van der Waals surface area contributed by atoms with Crippen molar-refractivity contribution >= 4 is 11.8 Å². The maximum absolute atomic E-state index is 11.8. The maximum Gasteiger partial charge on any atom is 1.00 e. The molecule has 64 valence electrons. The zero-order chi connectivity index (χ0) is 8.65. The van der Waals surface area contributed by atoms with Crippen LogP contribution in [0.1, 0.15) is 7.85 Å². The summed E-state index contributed by atoms with van der Waals surface area (Å²) in [7, 11) is 0. The Morgan fingerprint density at radius 1 is 1.42 bits per heavy atom. The van der Waals surface area contributed by atoms with Gasteiger partial charge in [0.15, 0.2) is 0 Å². The SMILES string of the molecule is O=C1CC(C(F)(F)F)C(=O)N1.[H-].[Li+]. The second kappa shape index (κ2) is 3.50. The molecule has 0 saturated carbocycles. The second-order valence-corrected chi connectivity index (χ2v) is 2.21. The summed E-state index contributed by atoms with van der Waals surface area (Å²) in [5, 5.41) is 1.58. The Bertz CT molecular complexity index is 220. The Kier molecular flexibility index (Phi) is 3.36. The molecule has 7 heteroatoms. The van der Waals surface area contributed by atoms with Crippen LogP contribution < -0.4 is 24.2 Å². The molecule has 1 heterocycles. The number of imide groups is 1. The molecule has 0 aromatic carbocycles. The van der Waals surface area contributed by atoms with E-state index in [1.807, 2.05) is 0 Å². The molecular weight excluding hydrogens is 170 g/mol. The minimum absolute atomic E-state index is 0. The van der Waals surface area contributed by atoms with E-state index >= 15 is 0 Å². The Morgan fingerprint density at radius 2 is 1.92 bits per heavy atom. The third kappa shape index (κ3) is 2.26. The van der Waals surface area contributed by atoms with Crippen molar-refractivity contribution in [1.82, 2.24) is 5.32 Å². The molecule has 0 bridgehead atoms. The predicted octanol–water partition coefficient (Wildman–Crippen LogP) is -2.67. The summed E-state index contributed by atoms with van der Waals surface area (Å²) in [5.74, 6) is -4.25. The van der Waals surface area contributed by atoms with E-state index < -0.39 is 30.3 Å². The van der Waals surface area contributed by atoms with E-state index in [0.717, 1.165) is 0 Å². The van der Waals surface area contributed by atoms with Crippen molar-refractivity contribution in [2.45, 2.75) is 12.6 Å². The van der Waals surface area contributed by atoms with Gasteiger partial charge in [0.2, 0.25) is 11.8 Å². The van der Waals surface area contributed by atoms with Crippen LogP contribution in [0, 0.1) is 5.92 Å². The van der Waals surface area contributed by atoms with Crippen LogP contribution in [-0.4, -0.2) is 18.0 Å². The molecule has 1 aliphatic rings. The first-order chi connectivity index (χ1) is 4.91. The van der Waals surface area contributed by atoms with Crippen LogP contribution >= 0.6 is 0 Å². The molecule has 2 amide bonds. The number of carbonyl (C=O) groups excluding carboxylic acids is 2. The summed E-state index contributed by atoms with van der Waals surface area (Å²) in [6.07, 6.45) is -5.38. The topological polar surface area (TPSA) is 46.2 Å². The Balaban J connectivity index is 0. The molecule has 12 heavy (non-hydrogen) atoms. The molecular formula is C5H5F3LiNO2. The zero-order valence-electron chi connectivity index (χ0n) is 7.23. The molecule has 1 saturated heterocycles. The fourth-order valence-corrected chi connectivity index (χ4v) is 0.818. The van der Waals surface area contributed by atoms with Crippen molar-refractivity contribution in [2.24, 2.45) is 5.92 Å². The number of carbonyl (C=O) groups is 2. The van der Waals surface area contributed by atoms with Crippen molar-refractivity contribution in [3.8, 4) is 0 Å². The van der Waals surface area contributed by atoms with Gasteiger partial charge in [0, 0.05) is 6.42 Å². The zero-order valence-corrected chi connectivity index (χ0v) is 6.23. The van der Waals surface area contributed by atoms with E-state index in [9.17, 15) is 22.8 Å². The van der Waals surface area contributed by atoms with Crippen molar-refractivity contribution < 1.29 is 43.0 Å². The molecule has 0 radical (unpaired) electrons. The average Bonchev–Trinajstić information content (AvgIpc) is 2.08. The summed E-state index contributed by atoms with van der Waals surface area (Å²) in [4.78, 5) is 20.7. The van der Waals surface area contributed by atoms with Crippen molar-refractivity contribution in [1.29, 1.82) is 0 Å². The van der Waals surface area contributed by atoms with Crippen LogP contribution in [0.5, 0.6) is 0 Å². The van der Waals surface area contributed by atoms with Gasteiger partial charge in [-0.15, -0.1) is 0 Å². The van der Waals surface area contributed by atoms with E-state index in [2.05, 4.69) is 0 Å². The summed E-state index contributed by atoms with van der Waals surface area (Å²) < 4.78 is 35.3. The molecule has 0 spiro atoms. The van der Waals surface area contributed by atoms with Crippen LogP contribution in [0.2, 0.25) is 0 Å². The molecule has 0 aromatic rings. The molecule has 0 aromatic heterocycles. The smallest absolute Gasteiger partial charge is 1.00 e. The number of hydrogen-bond acceptors (Lipinski definition) is 2. The minimum Gasteiger partial charge on any atom is -1.00 e. The van der Waals surface area contributed by atoms with Gasteiger partial charge in [-0.1, -0.05) is 0 Å². The third-order valence-corrected chi connectivity index (χ3v) is 1.36. The normalized spacial score (nSPS) is 23.4. The van der Waals surface area contributed by atoms with Crippen LogP contribution in [-0.2, 0) is 9.59 Å². The summed E-state index contributed by atoms with van der Waals surface area (Å²) in [6.45, 7) is 0. The van der Waals surface area contributed by atoms with Gasteiger partial charge in [0.1, 0.15) is 5.92 Å².